The Morgan fingerprint density at radius 1 is 1.33 bits per heavy atom. The number of nitrogens with two attached hydrogens (primary N) is 1. The second-order valence-electron chi connectivity index (χ2n) is 4.34. The fourth-order valence-electron chi connectivity index (χ4n) is 1.65. The molecule has 0 fully saturated rings. The first-order valence-electron chi connectivity index (χ1n) is 5.46. The van der Waals surface area contributed by atoms with E-state index in [1.165, 1.54) is 13.0 Å². The summed E-state index contributed by atoms with van der Waals surface area (Å²) in [5, 5.41) is 0. The molecule has 2 N–H and O–H groups in total. The van der Waals surface area contributed by atoms with Crippen LogP contribution in [-0.4, -0.2) is 6.10 Å². The van der Waals surface area contributed by atoms with E-state index in [0.29, 0.717) is 0 Å². The van der Waals surface area contributed by atoms with Gasteiger partial charge in [-0.25, -0.2) is 0 Å². The number of hydrogen-bond donors (Lipinski definition) is 1. The van der Waals surface area contributed by atoms with E-state index in [9.17, 15) is 13.2 Å². The van der Waals surface area contributed by atoms with Crippen molar-refractivity contribution in [3.63, 3.8) is 0 Å². The van der Waals surface area contributed by atoms with Crippen LogP contribution in [0.2, 0.25) is 0 Å². The van der Waals surface area contributed by atoms with E-state index < -0.39 is 11.7 Å². The van der Waals surface area contributed by atoms with E-state index in [1.807, 2.05) is 0 Å². The normalized spacial score (nSPS) is 11.7. The Balaban J connectivity index is 3.43. The second-order valence-corrected chi connectivity index (χ2v) is 4.34. The molecule has 0 aromatic heterocycles. The molecule has 0 saturated heterocycles. The van der Waals surface area contributed by atoms with Crippen molar-refractivity contribution in [2.45, 2.75) is 33.1 Å². The summed E-state index contributed by atoms with van der Waals surface area (Å²) >= 11 is 0. The molecule has 18 heavy (non-hydrogen) atoms. The lowest BCUT2D eigenvalue weighted by molar-refractivity contribution is -0.137. The molecular formula is C13H16F3NO. The predicted octanol–water partition coefficient (Wildman–Crippen LogP) is 4.11. The third kappa shape index (κ3) is 2.97. The van der Waals surface area contributed by atoms with E-state index >= 15 is 0 Å². The van der Waals surface area contributed by atoms with E-state index in [0.717, 1.165) is 6.07 Å². The average molecular weight is 259 g/mol. The summed E-state index contributed by atoms with van der Waals surface area (Å²) in [6, 6.07) is 2.21. The van der Waals surface area contributed by atoms with Gasteiger partial charge in [0.05, 0.1) is 17.4 Å². The Hall–Kier alpha value is -1.65. The van der Waals surface area contributed by atoms with Gasteiger partial charge in [-0.1, -0.05) is 6.58 Å². The smallest absolute Gasteiger partial charge is 0.417 e. The lowest BCUT2D eigenvalue weighted by atomic mass is 9.98. The zero-order valence-corrected chi connectivity index (χ0v) is 10.6. The van der Waals surface area contributed by atoms with Gasteiger partial charge < -0.3 is 10.5 Å². The van der Waals surface area contributed by atoms with Crippen molar-refractivity contribution >= 4 is 11.3 Å². The minimum Gasteiger partial charge on any atom is -0.489 e. The number of ether oxygens (including phenoxy) is 1. The maximum atomic E-state index is 12.8. The largest absolute Gasteiger partial charge is 0.489 e. The Labute approximate surface area is 104 Å². The highest BCUT2D eigenvalue weighted by molar-refractivity contribution is 5.79. The van der Waals surface area contributed by atoms with Crippen LogP contribution in [0.4, 0.5) is 18.9 Å². The summed E-state index contributed by atoms with van der Waals surface area (Å²) in [5.41, 5.74) is 5.10. The Morgan fingerprint density at radius 2 is 1.89 bits per heavy atom. The van der Waals surface area contributed by atoms with Gasteiger partial charge in [0, 0.05) is 5.56 Å². The van der Waals surface area contributed by atoms with E-state index in [2.05, 4.69) is 6.58 Å². The van der Waals surface area contributed by atoms with Crippen LogP contribution in [-0.2, 0) is 6.18 Å². The topological polar surface area (TPSA) is 35.2 Å². The molecule has 0 amide bonds. The highest BCUT2D eigenvalue weighted by Crippen LogP contribution is 2.41. The summed E-state index contributed by atoms with van der Waals surface area (Å²) in [6.45, 7) is 8.58. The first-order chi connectivity index (χ1) is 8.14. The van der Waals surface area contributed by atoms with Crippen LogP contribution in [0.3, 0.4) is 0 Å². The highest BCUT2D eigenvalue weighted by atomic mass is 19.4. The van der Waals surface area contributed by atoms with E-state index in [4.69, 9.17) is 10.5 Å². The van der Waals surface area contributed by atoms with Gasteiger partial charge in [-0.2, -0.15) is 13.2 Å². The fourth-order valence-corrected chi connectivity index (χ4v) is 1.65. The van der Waals surface area contributed by atoms with Crippen molar-refractivity contribution in [3.05, 3.63) is 29.8 Å². The molecular weight excluding hydrogens is 243 g/mol. The lowest BCUT2D eigenvalue weighted by Gasteiger charge is -2.19. The van der Waals surface area contributed by atoms with Crippen molar-refractivity contribution in [1.29, 1.82) is 0 Å². The zero-order valence-electron chi connectivity index (χ0n) is 10.6. The average Bonchev–Trinajstić information content (AvgIpc) is 2.17. The van der Waals surface area contributed by atoms with Gasteiger partial charge in [0.15, 0.2) is 0 Å². The standard InChI is InChI=1S/C13H16F3NO/c1-7(2)11-9(13(14,15)16)5-6-10(12(11)17)18-8(3)4/h5-6,8H,1,17H2,2-4H3. The summed E-state index contributed by atoms with van der Waals surface area (Å²) in [7, 11) is 0. The van der Waals surface area contributed by atoms with E-state index in [1.54, 1.807) is 13.8 Å². The van der Waals surface area contributed by atoms with Crippen LogP contribution in [0.25, 0.3) is 5.57 Å². The number of hydrogen-bond acceptors (Lipinski definition) is 2. The van der Waals surface area contributed by atoms with Crippen LogP contribution in [0.15, 0.2) is 18.7 Å². The third-order valence-electron chi connectivity index (χ3n) is 2.30. The van der Waals surface area contributed by atoms with Crippen LogP contribution in [0.5, 0.6) is 5.75 Å². The first-order valence-corrected chi connectivity index (χ1v) is 5.46. The fraction of sp³-hybridized carbons (Fsp3) is 0.385. The van der Waals surface area contributed by atoms with Crippen LogP contribution >= 0.6 is 0 Å². The minimum atomic E-state index is -4.46. The molecule has 1 aromatic rings. The number of allylic oxidation sites excluding steroid dienone is 1. The van der Waals surface area contributed by atoms with Gasteiger partial charge in [0.25, 0.3) is 0 Å². The van der Waals surface area contributed by atoms with Gasteiger partial charge in [-0.05, 0) is 38.5 Å². The number of nitrogen functional groups attached to an aromatic ring is 1. The minimum absolute atomic E-state index is 0.0222. The van der Waals surface area contributed by atoms with Crippen molar-refractivity contribution in [2.75, 3.05) is 5.73 Å². The van der Waals surface area contributed by atoms with Crippen LogP contribution in [0.1, 0.15) is 31.9 Å². The highest BCUT2D eigenvalue weighted by Gasteiger charge is 2.35. The number of alkyl halides is 3. The number of rotatable bonds is 3. The Kier molecular flexibility index (Phi) is 3.94. The maximum Gasteiger partial charge on any atom is 0.417 e. The van der Waals surface area contributed by atoms with Gasteiger partial charge in [0.1, 0.15) is 5.75 Å². The summed E-state index contributed by atoms with van der Waals surface area (Å²) < 4.78 is 43.9. The molecule has 1 rings (SSSR count). The molecule has 0 atom stereocenters. The van der Waals surface area contributed by atoms with Crippen molar-refractivity contribution in [2.24, 2.45) is 0 Å². The molecule has 1 aromatic carbocycles. The maximum absolute atomic E-state index is 12.8. The summed E-state index contributed by atoms with van der Waals surface area (Å²) in [6.07, 6.45) is -4.62. The summed E-state index contributed by atoms with van der Waals surface area (Å²) in [4.78, 5) is 0. The van der Waals surface area contributed by atoms with E-state index in [-0.39, 0.29) is 28.7 Å². The third-order valence-corrected chi connectivity index (χ3v) is 2.30. The predicted molar refractivity (Wildman–Crippen MR) is 66.3 cm³/mol. The quantitative estimate of drug-likeness (QED) is 0.829. The molecule has 0 unspecified atom stereocenters. The van der Waals surface area contributed by atoms with Crippen LogP contribution < -0.4 is 10.5 Å². The summed E-state index contributed by atoms with van der Waals surface area (Å²) in [5.74, 6) is 0.246. The van der Waals surface area contributed by atoms with Crippen molar-refractivity contribution < 1.29 is 17.9 Å². The molecule has 0 aliphatic rings. The molecule has 0 bridgehead atoms. The van der Waals surface area contributed by atoms with Crippen LogP contribution in [0, 0.1) is 0 Å². The number of halogens is 3. The zero-order chi connectivity index (χ0) is 14.1. The molecule has 0 radical (unpaired) electrons. The SMILES string of the molecule is C=C(C)c1c(C(F)(F)F)ccc(OC(C)C)c1N. The van der Waals surface area contributed by atoms with Gasteiger partial charge >= 0.3 is 6.18 Å². The number of benzene rings is 1. The Morgan fingerprint density at radius 3 is 2.28 bits per heavy atom. The molecule has 0 aliphatic carbocycles. The molecule has 0 heterocycles. The molecule has 0 spiro atoms. The Bertz CT molecular complexity index is 464. The van der Waals surface area contributed by atoms with Crippen molar-refractivity contribution in [1.82, 2.24) is 0 Å². The molecule has 0 aliphatic heterocycles. The molecule has 100 valence electrons. The number of anilines is 1. The first kappa shape index (κ1) is 14.4. The molecule has 2 nitrogen and oxygen atoms in total. The monoisotopic (exact) mass is 259 g/mol. The van der Waals surface area contributed by atoms with Crippen molar-refractivity contribution in [3.8, 4) is 5.75 Å². The van der Waals surface area contributed by atoms with Gasteiger partial charge in [0.2, 0.25) is 0 Å². The van der Waals surface area contributed by atoms with Gasteiger partial charge in [-0.15, -0.1) is 0 Å². The second kappa shape index (κ2) is 4.92. The van der Waals surface area contributed by atoms with Gasteiger partial charge in [-0.3, -0.25) is 0 Å². The molecule has 0 saturated carbocycles. The molecule has 5 heteroatoms. The lowest BCUT2D eigenvalue weighted by Crippen LogP contribution is -2.13.